The molecule has 1 N–H and O–H groups in total. The van der Waals surface area contributed by atoms with Crippen LogP contribution in [0.5, 0.6) is 0 Å². The van der Waals surface area contributed by atoms with Crippen LogP contribution in [0.3, 0.4) is 0 Å². The maximum atomic E-state index is 12.8. The quantitative estimate of drug-likeness (QED) is 0.557. The molecule has 1 unspecified atom stereocenters. The second-order valence-electron chi connectivity index (χ2n) is 6.00. The van der Waals surface area contributed by atoms with Gasteiger partial charge in [0.05, 0.1) is 19.1 Å². The van der Waals surface area contributed by atoms with E-state index < -0.39 is 6.04 Å². The van der Waals surface area contributed by atoms with Gasteiger partial charge in [-0.05, 0) is 40.4 Å². The lowest BCUT2D eigenvalue weighted by atomic mass is 9.96. The van der Waals surface area contributed by atoms with Gasteiger partial charge in [0, 0.05) is 18.7 Å². The molecule has 5 heteroatoms. The fourth-order valence-corrected chi connectivity index (χ4v) is 2.38. The predicted molar refractivity (Wildman–Crippen MR) is 91.8 cm³/mol. The van der Waals surface area contributed by atoms with Gasteiger partial charge in [0.25, 0.3) is 0 Å². The van der Waals surface area contributed by atoms with Crippen molar-refractivity contribution in [3.8, 4) is 0 Å². The predicted octanol–water partition coefficient (Wildman–Crippen LogP) is 1.96. The first-order chi connectivity index (χ1) is 10.8. The molecule has 1 aromatic carbocycles. The number of likely N-dealkylation sites (N-methyl/N-ethyl adjacent to an activating group) is 1. The standard InChI is InChI=1S/C18H28N2O3/c1-6-23-17(21)12-16(19-9-10-20(4)5)18(22)15-8-7-13(2)11-14(15)3/h7-8,11,16,19H,6,9-10,12H2,1-5H3. The lowest BCUT2D eigenvalue weighted by Gasteiger charge is -2.19. The fraction of sp³-hybridized carbons (Fsp3) is 0.556. The molecule has 0 radical (unpaired) electrons. The lowest BCUT2D eigenvalue weighted by molar-refractivity contribution is -0.143. The average Bonchev–Trinajstić information content (AvgIpc) is 2.45. The number of Topliss-reactive ketones (excluding diaryl/α,β-unsaturated/α-hetero) is 1. The van der Waals surface area contributed by atoms with Gasteiger partial charge < -0.3 is 15.0 Å². The van der Waals surface area contributed by atoms with Gasteiger partial charge in [-0.1, -0.05) is 23.8 Å². The number of benzene rings is 1. The highest BCUT2D eigenvalue weighted by Crippen LogP contribution is 2.14. The maximum Gasteiger partial charge on any atom is 0.307 e. The van der Waals surface area contributed by atoms with Crippen molar-refractivity contribution in [2.75, 3.05) is 33.8 Å². The fourth-order valence-electron chi connectivity index (χ4n) is 2.38. The van der Waals surface area contributed by atoms with Gasteiger partial charge in [-0.25, -0.2) is 0 Å². The molecule has 0 bridgehead atoms. The molecule has 1 aromatic rings. The Balaban J connectivity index is 2.87. The van der Waals surface area contributed by atoms with Crippen LogP contribution in [-0.4, -0.2) is 56.5 Å². The van der Waals surface area contributed by atoms with Crippen molar-refractivity contribution in [3.63, 3.8) is 0 Å². The first kappa shape index (κ1) is 19.3. The van der Waals surface area contributed by atoms with Crippen molar-refractivity contribution >= 4 is 11.8 Å². The van der Waals surface area contributed by atoms with E-state index in [1.165, 1.54) is 0 Å². The highest BCUT2D eigenvalue weighted by atomic mass is 16.5. The minimum Gasteiger partial charge on any atom is -0.466 e. The summed E-state index contributed by atoms with van der Waals surface area (Å²) in [6.45, 7) is 7.42. The molecule has 1 rings (SSSR count). The molecule has 0 aromatic heterocycles. The second-order valence-corrected chi connectivity index (χ2v) is 6.00. The topological polar surface area (TPSA) is 58.6 Å². The van der Waals surface area contributed by atoms with E-state index in [-0.39, 0.29) is 18.2 Å². The van der Waals surface area contributed by atoms with Gasteiger partial charge >= 0.3 is 5.97 Å². The molecule has 1 atom stereocenters. The molecule has 0 aliphatic heterocycles. The number of ketones is 1. The number of rotatable bonds is 9. The van der Waals surface area contributed by atoms with E-state index in [4.69, 9.17) is 4.74 Å². The summed E-state index contributed by atoms with van der Waals surface area (Å²) >= 11 is 0. The van der Waals surface area contributed by atoms with Crippen molar-refractivity contribution < 1.29 is 14.3 Å². The van der Waals surface area contributed by atoms with E-state index in [0.717, 1.165) is 17.7 Å². The number of aryl methyl sites for hydroxylation is 2. The Morgan fingerprint density at radius 3 is 2.52 bits per heavy atom. The maximum absolute atomic E-state index is 12.8. The van der Waals surface area contributed by atoms with E-state index in [1.54, 1.807) is 6.92 Å². The summed E-state index contributed by atoms with van der Waals surface area (Å²) in [6.07, 6.45) is 0.0490. The largest absolute Gasteiger partial charge is 0.466 e. The molecule has 0 saturated carbocycles. The minimum absolute atomic E-state index is 0.0490. The molecule has 0 heterocycles. The number of hydrogen-bond donors (Lipinski definition) is 1. The Morgan fingerprint density at radius 2 is 1.96 bits per heavy atom. The zero-order valence-electron chi connectivity index (χ0n) is 14.8. The zero-order chi connectivity index (χ0) is 17.4. The molecule has 0 saturated heterocycles. The number of hydrogen-bond acceptors (Lipinski definition) is 5. The van der Waals surface area contributed by atoms with E-state index in [0.29, 0.717) is 18.7 Å². The smallest absolute Gasteiger partial charge is 0.307 e. The molecule has 0 aliphatic rings. The normalized spacial score (nSPS) is 12.3. The summed E-state index contributed by atoms with van der Waals surface area (Å²) in [6, 6.07) is 5.17. The first-order valence-electron chi connectivity index (χ1n) is 8.00. The molecule has 23 heavy (non-hydrogen) atoms. The van der Waals surface area contributed by atoms with E-state index in [9.17, 15) is 9.59 Å². The molecule has 0 amide bonds. The van der Waals surface area contributed by atoms with Gasteiger partial charge in [-0.15, -0.1) is 0 Å². The van der Waals surface area contributed by atoms with Gasteiger partial charge in [0.1, 0.15) is 0 Å². The number of ether oxygens (including phenoxy) is 1. The second kappa shape index (κ2) is 9.43. The first-order valence-corrected chi connectivity index (χ1v) is 8.00. The van der Waals surface area contributed by atoms with Crippen molar-refractivity contribution in [1.82, 2.24) is 10.2 Å². The van der Waals surface area contributed by atoms with E-state index in [1.807, 2.05) is 51.0 Å². The molecule has 0 aliphatic carbocycles. The third-order valence-corrected chi connectivity index (χ3v) is 3.59. The molecule has 5 nitrogen and oxygen atoms in total. The zero-order valence-corrected chi connectivity index (χ0v) is 14.8. The summed E-state index contributed by atoms with van der Waals surface area (Å²) < 4.78 is 4.99. The lowest BCUT2D eigenvalue weighted by Crippen LogP contribution is -2.42. The minimum atomic E-state index is -0.560. The van der Waals surface area contributed by atoms with E-state index in [2.05, 4.69) is 5.32 Å². The van der Waals surface area contributed by atoms with E-state index >= 15 is 0 Å². The van der Waals surface area contributed by atoms with Crippen LogP contribution >= 0.6 is 0 Å². The number of nitrogens with one attached hydrogen (secondary N) is 1. The SMILES string of the molecule is CCOC(=O)CC(NCCN(C)C)C(=O)c1ccc(C)cc1C. The van der Waals surface area contributed by atoms with Crippen LogP contribution in [0.2, 0.25) is 0 Å². The van der Waals surface area contributed by atoms with Crippen molar-refractivity contribution in [1.29, 1.82) is 0 Å². The molecular formula is C18H28N2O3. The number of carbonyl (C=O) groups is 2. The van der Waals surface area contributed by atoms with Crippen molar-refractivity contribution in [2.24, 2.45) is 0 Å². The third kappa shape index (κ3) is 6.50. The van der Waals surface area contributed by atoms with Gasteiger partial charge in [-0.3, -0.25) is 9.59 Å². The molecule has 0 spiro atoms. The summed E-state index contributed by atoms with van der Waals surface area (Å²) in [5, 5.41) is 3.19. The number of carbonyl (C=O) groups excluding carboxylic acids is 2. The highest BCUT2D eigenvalue weighted by molar-refractivity contribution is 6.03. The monoisotopic (exact) mass is 320 g/mol. The Labute approximate surface area is 139 Å². The third-order valence-electron chi connectivity index (χ3n) is 3.59. The molecule has 128 valence electrons. The van der Waals surface area contributed by atoms with Gasteiger partial charge in [-0.2, -0.15) is 0 Å². The van der Waals surface area contributed by atoms with Crippen LogP contribution in [0, 0.1) is 13.8 Å². The summed E-state index contributed by atoms with van der Waals surface area (Å²) in [5.41, 5.74) is 2.70. The Hall–Kier alpha value is -1.72. The van der Waals surface area contributed by atoms with Crippen LogP contribution in [0.15, 0.2) is 18.2 Å². The average molecular weight is 320 g/mol. The number of nitrogens with zero attached hydrogens (tertiary/aromatic N) is 1. The Morgan fingerprint density at radius 1 is 1.26 bits per heavy atom. The molecule has 0 fully saturated rings. The number of esters is 1. The van der Waals surface area contributed by atoms with Gasteiger partial charge in [0.15, 0.2) is 5.78 Å². The van der Waals surface area contributed by atoms with Crippen LogP contribution < -0.4 is 5.32 Å². The van der Waals surface area contributed by atoms with Crippen molar-refractivity contribution in [2.45, 2.75) is 33.2 Å². The summed E-state index contributed by atoms with van der Waals surface area (Å²) in [7, 11) is 3.93. The van der Waals surface area contributed by atoms with Crippen LogP contribution in [0.1, 0.15) is 34.8 Å². The van der Waals surface area contributed by atoms with Crippen LogP contribution in [0.25, 0.3) is 0 Å². The Bertz CT molecular complexity index is 541. The van der Waals surface area contributed by atoms with Gasteiger partial charge in [0.2, 0.25) is 0 Å². The molecular weight excluding hydrogens is 292 g/mol. The Kier molecular flexibility index (Phi) is 7.92. The summed E-state index contributed by atoms with van der Waals surface area (Å²) in [4.78, 5) is 26.6. The van der Waals surface area contributed by atoms with Crippen LogP contribution in [0.4, 0.5) is 0 Å². The van der Waals surface area contributed by atoms with Crippen molar-refractivity contribution in [3.05, 3.63) is 34.9 Å². The van der Waals surface area contributed by atoms with Crippen LogP contribution in [-0.2, 0) is 9.53 Å². The summed E-state index contributed by atoms with van der Waals surface area (Å²) in [5.74, 6) is -0.415. The highest BCUT2D eigenvalue weighted by Gasteiger charge is 2.24.